The van der Waals surface area contributed by atoms with Crippen molar-refractivity contribution in [2.24, 2.45) is 0 Å². The summed E-state index contributed by atoms with van der Waals surface area (Å²) < 4.78 is 10.5. The van der Waals surface area contributed by atoms with Crippen LogP contribution < -0.4 is 0 Å². The third-order valence-electron chi connectivity index (χ3n) is 2.97. The molecule has 0 aliphatic rings. The zero-order valence-corrected chi connectivity index (χ0v) is 10.7. The molecule has 2 heterocycles. The van der Waals surface area contributed by atoms with E-state index < -0.39 is 0 Å². The standard InChI is InChI=1S/C14H15N3O2/c1-2-18-9-7-13-16-14(17-19-13)11-4-3-5-12-10(11)6-8-15-12/h3-6,8,15H,2,7,9H2,1H3. The number of ether oxygens (including phenoxy) is 1. The summed E-state index contributed by atoms with van der Waals surface area (Å²) in [7, 11) is 0. The number of aromatic amines is 1. The highest BCUT2D eigenvalue weighted by molar-refractivity contribution is 5.93. The highest BCUT2D eigenvalue weighted by atomic mass is 16.5. The SMILES string of the molecule is CCOCCc1nc(-c2cccc3[nH]ccc23)no1. The van der Waals surface area contributed by atoms with Gasteiger partial charge in [-0.1, -0.05) is 17.3 Å². The lowest BCUT2D eigenvalue weighted by molar-refractivity contribution is 0.144. The quantitative estimate of drug-likeness (QED) is 0.714. The Morgan fingerprint density at radius 2 is 2.26 bits per heavy atom. The second-order valence-corrected chi connectivity index (χ2v) is 4.20. The molecule has 0 unspecified atom stereocenters. The maximum absolute atomic E-state index is 5.28. The first-order valence-corrected chi connectivity index (χ1v) is 6.35. The van der Waals surface area contributed by atoms with E-state index in [1.54, 1.807) is 0 Å². The van der Waals surface area contributed by atoms with Crippen LogP contribution in [0.25, 0.3) is 22.3 Å². The molecule has 3 aromatic rings. The smallest absolute Gasteiger partial charge is 0.229 e. The fourth-order valence-electron chi connectivity index (χ4n) is 2.05. The van der Waals surface area contributed by atoms with Crippen LogP contribution in [0.15, 0.2) is 35.0 Å². The van der Waals surface area contributed by atoms with E-state index in [1.807, 2.05) is 37.4 Å². The van der Waals surface area contributed by atoms with E-state index in [-0.39, 0.29) is 0 Å². The normalized spacial score (nSPS) is 11.2. The van der Waals surface area contributed by atoms with E-state index in [0.717, 1.165) is 16.5 Å². The minimum atomic E-state index is 0.604. The molecule has 2 aromatic heterocycles. The van der Waals surface area contributed by atoms with Crippen molar-refractivity contribution >= 4 is 10.9 Å². The van der Waals surface area contributed by atoms with E-state index >= 15 is 0 Å². The number of benzene rings is 1. The molecule has 0 bridgehead atoms. The molecule has 1 aromatic carbocycles. The molecule has 3 rings (SSSR count). The number of aromatic nitrogens is 3. The van der Waals surface area contributed by atoms with Gasteiger partial charge in [-0.2, -0.15) is 4.98 Å². The van der Waals surface area contributed by atoms with Gasteiger partial charge in [-0.3, -0.25) is 0 Å². The van der Waals surface area contributed by atoms with Gasteiger partial charge in [0, 0.05) is 29.3 Å². The first kappa shape index (κ1) is 11.9. The molecule has 0 saturated heterocycles. The fraction of sp³-hybridized carbons (Fsp3) is 0.286. The molecule has 98 valence electrons. The molecule has 0 amide bonds. The third-order valence-corrected chi connectivity index (χ3v) is 2.97. The molecule has 0 radical (unpaired) electrons. The molecule has 5 nitrogen and oxygen atoms in total. The van der Waals surface area contributed by atoms with Gasteiger partial charge in [-0.25, -0.2) is 0 Å². The minimum absolute atomic E-state index is 0.604. The van der Waals surface area contributed by atoms with Crippen LogP contribution in [-0.4, -0.2) is 28.3 Å². The van der Waals surface area contributed by atoms with Crippen LogP contribution in [0.2, 0.25) is 0 Å². The van der Waals surface area contributed by atoms with Crippen LogP contribution in [0.3, 0.4) is 0 Å². The predicted octanol–water partition coefficient (Wildman–Crippen LogP) is 2.80. The van der Waals surface area contributed by atoms with Gasteiger partial charge in [-0.05, 0) is 19.1 Å². The Balaban J connectivity index is 1.88. The third kappa shape index (κ3) is 2.37. The summed E-state index contributed by atoms with van der Waals surface area (Å²) in [5.41, 5.74) is 2.04. The number of hydrogen-bond acceptors (Lipinski definition) is 4. The minimum Gasteiger partial charge on any atom is -0.381 e. The van der Waals surface area contributed by atoms with E-state index in [9.17, 15) is 0 Å². The maximum Gasteiger partial charge on any atom is 0.229 e. The van der Waals surface area contributed by atoms with E-state index in [0.29, 0.717) is 31.3 Å². The summed E-state index contributed by atoms with van der Waals surface area (Å²) in [6.45, 7) is 3.27. The van der Waals surface area contributed by atoms with E-state index in [1.165, 1.54) is 0 Å². The van der Waals surface area contributed by atoms with E-state index in [4.69, 9.17) is 9.26 Å². The fourth-order valence-corrected chi connectivity index (χ4v) is 2.05. The van der Waals surface area contributed by atoms with Gasteiger partial charge >= 0.3 is 0 Å². The first-order valence-electron chi connectivity index (χ1n) is 6.35. The molecule has 0 atom stereocenters. The van der Waals surface area contributed by atoms with Gasteiger partial charge in [0.15, 0.2) is 0 Å². The Morgan fingerprint density at radius 1 is 1.32 bits per heavy atom. The molecule has 5 heteroatoms. The first-order chi connectivity index (χ1) is 9.38. The molecule has 0 aliphatic heterocycles. The molecule has 0 aliphatic carbocycles. The Labute approximate surface area is 110 Å². The number of fused-ring (bicyclic) bond motifs is 1. The molecule has 0 saturated carbocycles. The molecular formula is C14H15N3O2. The van der Waals surface area contributed by atoms with Crippen LogP contribution in [0.5, 0.6) is 0 Å². The van der Waals surface area contributed by atoms with Gasteiger partial charge < -0.3 is 14.2 Å². The highest BCUT2D eigenvalue weighted by Crippen LogP contribution is 2.25. The molecule has 1 N–H and O–H groups in total. The molecular weight excluding hydrogens is 242 g/mol. The van der Waals surface area contributed by atoms with Crippen LogP contribution in [0.4, 0.5) is 0 Å². The molecule has 0 spiro atoms. The average Bonchev–Trinajstić information content (AvgIpc) is 3.07. The summed E-state index contributed by atoms with van der Waals surface area (Å²) in [4.78, 5) is 7.58. The van der Waals surface area contributed by atoms with Gasteiger partial charge in [0.05, 0.1) is 13.0 Å². The van der Waals surface area contributed by atoms with Crippen molar-refractivity contribution in [1.29, 1.82) is 0 Å². The van der Waals surface area contributed by atoms with Crippen molar-refractivity contribution in [2.45, 2.75) is 13.3 Å². The number of H-pyrrole nitrogens is 1. The second-order valence-electron chi connectivity index (χ2n) is 4.20. The molecule has 19 heavy (non-hydrogen) atoms. The molecule has 0 fully saturated rings. The number of hydrogen-bond donors (Lipinski definition) is 1. The summed E-state index contributed by atoms with van der Waals surface area (Å²) in [5, 5.41) is 5.14. The lowest BCUT2D eigenvalue weighted by atomic mass is 10.1. The largest absolute Gasteiger partial charge is 0.381 e. The number of nitrogens with one attached hydrogen (secondary N) is 1. The highest BCUT2D eigenvalue weighted by Gasteiger charge is 2.11. The Morgan fingerprint density at radius 3 is 3.16 bits per heavy atom. The summed E-state index contributed by atoms with van der Waals surface area (Å²) in [5.74, 6) is 1.23. The van der Waals surface area contributed by atoms with E-state index in [2.05, 4.69) is 15.1 Å². The Kier molecular flexibility index (Phi) is 3.29. The van der Waals surface area contributed by atoms with Crippen molar-refractivity contribution < 1.29 is 9.26 Å². The van der Waals surface area contributed by atoms with Crippen LogP contribution in [0, 0.1) is 0 Å². The van der Waals surface area contributed by atoms with Crippen LogP contribution in [0.1, 0.15) is 12.8 Å². The zero-order chi connectivity index (χ0) is 13.1. The van der Waals surface area contributed by atoms with Crippen molar-refractivity contribution in [1.82, 2.24) is 15.1 Å². The Hall–Kier alpha value is -2.14. The monoisotopic (exact) mass is 257 g/mol. The predicted molar refractivity (Wildman–Crippen MR) is 71.8 cm³/mol. The summed E-state index contributed by atoms with van der Waals surface area (Å²) in [6, 6.07) is 8.01. The van der Waals surface area contributed by atoms with Crippen molar-refractivity contribution in [2.75, 3.05) is 13.2 Å². The van der Waals surface area contributed by atoms with Crippen molar-refractivity contribution in [3.8, 4) is 11.4 Å². The topological polar surface area (TPSA) is 63.9 Å². The maximum atomic E-state index is 5.28. The van der Waals surface area contributed by atoms with Crippen LogP contribution in [-0.2, 0) is 11.2 Å². The number of rotatable bonds is 5. The van der Waals surface area contributed by atoms with Gasteiger partial charge in [0.2, 0.25) is 11.7 Å². The van der Waals surface area contributed by atoms with Crippen molar-refractivity contribution in [3.63, 3.8) is 0 Å². The van der Waals surface area contributed by atoms with Gasteiger partial charge in [0.25, 0.3) is 0 Å². The van der Waals surface area contributed by atoms with Gasteiger partial charge in [-0.15, -0.1) is 0 Å². The Bertz CT molecular complexity index is 672. The van der Waals surface area contributed by atoms with Gasteiger partial charge in [0.1, 0.15) is 0 Å². The summed E-state index contributed by atoms with van der Waals surface area (Å²) >= 11 is 0. The second kappa shape index (κ2) is 5.24. The summed E-state index contributed by atoms with van der Waals surface area (Å²) in [6.07, 6.45) is 2.55. The number of nitrogens with zero attached hydrogens (tertiary/aromatic N) is 2. The zero-order valence-electron chi connectivity index (χ0n) is 10.7. The lowest BCUT2D eigenvalue weighted by Gasteiger charge is -1.97. The lowest BCUT2D eigenvalue weighted by Crippen LogP contribution is -1.97. The van der Waals surface area contributed by atoms with Crippen LogP contribution >= 0.6 is 0 Å². The van der Waals surface area contributed by atoms with Crippen molar-refractivity contribution in [3.05, 3.63) is 36.4 Å². The average molecular weight is 257 g/mol.